The van der Waals surface area contributed by atoms with Gasteiger partial charge >= 0.3 is 11.7 Å². The molecule has 0 unspecified atom stereocenters. The van der Waals surface area contributed by atoms with Crippen molar-refractivity contribution in [3.63, 3.8) is 0 Å². The molecule has 32 heavy (non-hydrogen) atoms. The van der Waals surface area contributed by atoms with Gasteiger partial charge in [-0.15, -0.1) is 0 Å². The van der Waals surface area contributed by atoms with Crippen molar-refractivity contribution in [3.8, 4) is 11.5 Å². The van der Waals surface area contributed by atoms with Crippen molar-refractivity contribution in [2.45, 2.75) is 25.9 Å². The van der Waals surface area contributed by atoms with Crippen LogP contribution in [0.15, 0.2) is 51.7 Å². The average molecular weight is 442 g/mol. The summed E-state index contributed by atoms with van der Waals surface area (Å²) >= 11 is 0. The molecule has 8 heteroatoms. The summed E-state index contributed by atoms with van der Waals surface area (Å²) in [6.45, 7) is 3.87. The number of hydrogen-bond donors (Lipinski definition) is 2. The number of fused-ring (bicyclic) bond motifs is 1. The zero-order valence-electron chi connectivity index (χ0n) is 18.4. The number of anilines is 2. The zero-order chi connectivity index (χ0) is 22.7. The monoisotopic (exact) mass is 441 g/mol. The summed E-state index contributed by atoms with van der Waals surface area (Å²) in [5.74, 6) is 1.23. The highest BCUT2D eigenvalue weighted by atomic mass is 16.5. The van der Waals surface area contributed by atoms with Crippen LogP contribution < -0.4 is 25.7 Å². The van der Waals surface area contributed by atoms with Crippen LogP contribution in [0.3, 0.4) is 0 Å². The Balaban J connectivity index is 0.00000204. The number of benzene rings is 2. The Morgan fingerprint density at radius 3 is 2.56 bits per heavy atom. The highest BCUT2D eigenvalue weighted by molar-refractivity contribution is 6.01. The number of carbonyl (C=O) groups excluding carboxylic acids is 1. The van der Waals surface area contributed by atoms with Crippen LogP contribution in [0.4, 0.5) is 16.2 Å². The summed E-state index contributed by atoms with van der Waals surface area (Å²) in [5, 5.41) is 5.93. The largest absolute Gasteiger partial charge is 0.495 e. The summed E-state index contributed by atoms with van der Waals surface area (Å²) in [4.78, 5) is 27.3. The molecule has 2 heterocycles. The van der Waals surface area contributed by atoms with E-state index in [-0.39, 0.29) is 14.6 Å². The standard InChI is InChI=1S/C24H27N3O5.2H2/c1-15-20(31-17-10-12-27(2)13-11-17)9-8-16-14-19(23(28)32-22(15)16)26-24(29)25-18-6-4-5-7-21(18)30-3;;/h4-9,14,17H,10-13H2,1-3H3,(H2,25,26,29);2*1H. The van der Waals surface area contributed by atoms with Crippen molar-refractivity contribution in [3.05, 3.63) is 58.4 Å². The van der Waals surface area contributed by atoms with Crippen LogP contribution in [-0.4, -0.2) is 44.3 Å². The second-order valence-electron chi connectivity index (χ2n) is 7.95. The molecule has 8 nitrogen and oxygen atoms in total. The molecule has 1 fully saturated rings. The molecule has 1 aliphatic rings. The van der Waals surface area contributed by atoms with Gasteiger partial charge in [0.05, 0.1) is 12.8 Å². The lowest BCUT2D eigenvalue weighted by molar-refractivity contribution is 0.113. The van der Waals surface area contributed by atoms with Crippen LogP contribution in [0.2, 0.25) is 0 Å². The van der Waals surface area contributed by atoms with E-state index < -0.39 is 11.7 Å². The fourth-order valence-electron chi connectivity index (χ4n) is 3.83. The second kappa shape index (κ2) is 9.32. The van der Waals surface area contributed by atoms with Crippen LogP contribution in [0, 0.1) is 6.92 Å². The van der Waals surface area contributed by atoms with Crippen LogP contribution in [0.5, 0.6) is 11.5 Å². The second-order valence-corrected chi connectivity index (χ2v) is 7.95. The molecule has 2 N–H and O–H groups in total. The SMILES string of the molecule is COc1ccccc1NC(=O)Nc1cc2ccc(OC3CCN(C)CC3)c(C)c2oc1=O.[HH].[HH]. The van der Waals surface area contributed by atoms with Crippen molar-refractivity contribution >= 4 is 28.4 Å². The minimum Gasteiger partial charge on any atom is -0.495 e. The molecule has 2 amide bonds. The van der Waals surface area contributed by atoms with Gasteiger partial charge in [0, 0.05) is 26.9 Å². The fraction of sp³-hybridized carbons (Fsp3) is 0.333. The number of carbonyl (C=O) groups is 1. The topological polar surface area (TPSA) is 93.0 Å². The third-order valence-electron chi connectivity index (χ3n) is 5.66. The Labute approximate surface area is 189 Å². The first kappa shape index (κ1) is 21.7. The minimum absolute atomic E-state index is 0. The number of rotatable bonds is 5. The van der Waals surface area contributed by atoms with Gasteiger partial charge in [0.25, 0.3) is 0 Å². The molecular formula is C24H31N3O5. The van der Waals surface area contributed by atoms with Crippen molar-refractivity contribution in [1.82, 2.24) is 4.90 Å². The average Bonchev–Trinajstić information content (AvgIpc) is 2.78. The number of nitrogens with zero attached hydrogens (tertiary/aromatic N) is 1. The number of nitrogens with one attached hydrogen (secondary N) is 2. The quantitative estimate of drug-likeness (QED) is 0.557. The van der Waals surface area contributed by atoms with E-state index in [2.05, 4.69) is 22.6 Å². The Morgan fingerprint density at radius 2 is 1.81 bits per heavy atom. The third-order valence-corrected chi connectivity index (χ3v) is 5.66. The van der Waals surface area contributed by atoms with Gasteiger partial charge in [0.15, 0.2) is 0 Å². The van der Waals surface area contributed by atoms with Gasteiger partial charge in [-0.05, 0) is 57.1 Å². The van der Waals surface area contributed by atoms with E-state index in [1.807, 2.05) is 19.1 Å². The van der Waals surface area contributed by atoms with Crippen LogP contribution >= 0.6 is 0 Å². The lowest BCUT2D eigenvalue weighted by Crippen LogP contribution is -2.35. The number of urea groups is 1. The molecule has 1 aromatic heterocycles. The highest BCUT2D eigenvalue weighted by Crippen LogP contribution is 2.30. The Morgan fingerprint density at radius 1 is 1.09 bits per heavy atom. The van der Waals surface area contributed by atoms with E-state index in [0.717, 1.165) is 31.5 Å². The molecule has 0 spiro atoms. The van der Waals surface area contributed by atoms with E-state index >= 15 is 0 Å². The highest BCUT2D eigenvalue weighted by Gasteiger charge is 2.20. The molecule has 172 valence electrons. The summed E-state index contributed by atoms with van der Waals surface area (Å²) in [6.07, 6.45) is 2.07. The number of likely N-dealkylation sites (tertiary alicyclic amines) is 1. The molecular weight excluding hydrogens is 410 g/mol. The number of piperidine rings is 1. The lowest BCUT2D eigenvalue weighted by Gasteiger charge is -2.29. The van der Waals surface area contributed by atoms with E-state index in [1.54, 1.807) is 30.3 Å². The maximum atomic E-state index is 12.6. The van der Waals surface area contributed by atoms with Crippen molar-refractivity contribution in [1.29, 1.82) is 0 Å². The number of para-hydroxylation sites is 2. The summed E-state index contributed by atoms with van der Waals surface area (Å²) in [7, 11) is 3.62. The lowest BCUT2D eigenvalue weighted by atomic mass is 10.1. The minimum atomic E-state index is -0.632. The molecule has 0 aliphatic carbocycles. The van der Waals surface area contributed by atoms with E-state index in [1.165, 1.54) is 7.11 Å². The first-order valence-corrected chi connectivity index (χ1v) is 10.6. The Kier molecular flexibility index (Phi) is 6.32. The molecule has 0 atom stereocenters. The number of amides is 2. The maximum absolute atomic E-state index is 12.6. The molecule has 0 bridgehead atoms. The Hall–Kier alpha value is -3.52. The molecule has 0 saturated carbocycles. The molecule has 4 rings (SSSR count). The normalized spacial score (nSPS) is 14.8. The first-order chi connectivity index (χ1) is 15.4. The third kappa shape index (κ3) is 4.70. The summed E-state index contributed by atoms with van der Waals surface area (Å²) in [5.41, 5.74) is 1.13. The smallest absolute Gasteiger partial charge is 0.360 e. The van der Waals surface area contributed by atoms with Crippen molar-refractivity contribution in [2.75, 3.05) is 37.9 Å². The predicted octanol–water partition coefficient (Wildman–Crippen LogP) is 4.72. The van der Waals surface area contributed by atoms with E-state index in [0.29, 0.717) is 28.2 Å². The zero-order valence-corrected chi connectivity index (χ0v) is 18.4. The van der Waals surface area contributed by atoms with Crippen LogP contribution in [0.25, 0.3) is 11.0 Å². The number of ether oxygens (including phenoxy) is 2. The summed E-state index contributed by atoms with van der Waals surface area (Å²) in [6, 6.07) is 11.8. The number of hydrogen-bond acceptors (Lipinski definition) is 6. The van der Waals surface area contributed by atoms with E-state index in [9.17, 15) is 9.59 Å². The molecule has 2 aromatic carbocycles. The number of aryl methyl sites for hydroxylation is 1. The Bertz CT molecular complexity index is 1190. The van der Waals surface area contributed by atoms with Crippen LogP contribution in [0.1, 0.15) is 21.3 Å². The molecule has 0 radical (unpaired) electrons. The van der Waals surface area contributed by atoms with Gasteiger partial charge in [-0.1, -0.05) is 12.1 Å². The van der Waals surface area contributed by atoms with Crippen molar-refractivity contribution < 1.29 is 21.5 Å². The van der Waals surface area contributed by atoms with E-state index in [4.69, 9.17) is 13.9 Å². The molecule has 1 saturated heterocycles. The van der Waals surface area contributed by atoms with Crippen molar-refractivity contribution in [2.24, 2.45) is 0 Å². The van der Waals surface area contributed by atoms with Gasteiger partial charge in [-0.2, -0.15) is 0 Å². The molecule has 3 aromatic rings. The van der Waals surface area contributed by atoms with Gasteiger partial charge < -0.3 is 29.4 Å². The maximum Gasteiger partial charge on any atom is 0.360 e. The van der Waals surface area contributed by atoms with Gasteiger partial charge in [-0.25, -0.2) is 9.59 Å². The van der Waals surface area contributed by atoms with Gasteiger partial charge in [0.2, 0.25) is 0 Å². The molecule has 1 aliphatic heterocycles. The predicted molar refractivity (Wildman–Crippen MR) is 128 cm³/mol. The first-order valence-electron chi connectivity index (χ1n) is 10.6. The van der Waals surface area contributed by atoms with Crippen LogP contribution in [-0.2, 0) is 0 Å². The van der Waals surface area contributed by atoms with Gasteiger partial charge in [-0.3, -0.25) is 0 Å². The number of methoxy groups -OCH3 is 1. The fourth-order valence-corrected chi connectivity index (χ4v) is 3.83. The summed E-state index contributed by atoms with van der Waals surface area (Å²) < 4.78 is 17.0. The van der Waals surface area contributed by atoms with Gasteiger partial charge in [0.1, 0.15) is 28.9 Å².